The van der Waals surface area contributed by atoms with E-state index in [2.05, 4.69) is 48.0 Å². The molecule has 0 unspecified atom stereocenters. The fourth-order valence-electron chi connectivity index (χ4n) is 4.86. The summed E-state index contributed by atoms with van der Waals surface area (Å²) in [6.45, 7) is 8.79. The molecule has 0 bridgehead atoms. The summed E-state index contributed by atoms with van der Waals surface area (Å²) in [7, 11) is 1.74. The van der Waals surface area contributed by atoms with Gasteiger partial charge in [0.1, 0.15) is 5.02 Å². The molecule has 3 aromatic rings. The molecule has 3 heterocycles. The number of halogens is 1. The van der Waals surface area contributed by atoms with Crippen LogP contribution in [0.3, 0.4) is 0 Å². The number of likely N-dealkylation sites (tertiary alicyclic amines) is 1. The van der Waals surface area contributed by atoms with Crippen LogP contribution >= 0.6 is 11.6 Å². The number of benzene rings is 1. The number of nitriles is 1. The van der Waals surface area contributed by atoms with E-state index in [1.54, 1.807) is 11.6 Å². The highest BCUT2D eigenvalue weighted by atomic mass is 35.5. The van der Waals surface area contributed by atoms with Gasteiger partial charge < -0.3 is 9.55 Å². The van der Waals surface area contributed by atoms with Crippen molar-refractivity contribution in [1.82, 2.24) is 14.5 Å². The molecule has 0 saturated carbocycles. The number of rotatable bonds is 4. The first-order valence-electron chi connectivity index (χ1n) is 10.9. The van der Waals surface area contributed by atoms with E-state index >= 15 is 0 Å². The lowest BCUT2D eigenvalue weighted by Gasteiger charge is -2.30. The summed E-state index contributed by atoms with van der Waals surface area (Å²) in [5, 5.41) is 10.5. The van der Waals surface area contributed by atoms with Gasteiger partial charge >= 0.3 is 0 Å². The smallest absolute Gasteiger partial charge is 0.269 e. The van der Waals surface area contributed by atoms with Crippen molar-refractivity contribution in [3.05, 3.63) is 56.5 Å². The van der Waals surface area contributed by atoms with Crippen molar-refractivity contribution in [2.45, 2.75) is 45.4 Å². The van der Waals surface area contributed by atoms with Gasteiger partial charge in [0, 0.05) is 29.7 Å². The lowest BCUT2D eigenvalue weighted by Crippen LogP contribution is -2.33. The van der Waals surface area contributed by atoms with E-state index in [0.717, 1.165) is 48.3 Å². The number of hydrogen-bond donors (Lipinski definition) is 1. The van der Waals surface area contributed by atoms with Crippen LogP contribution in [0.2, 0.25) is 5.02 Å². The molecule has 0 radical (unpaired) electrons. The number of aromatic nitrogens is 2. The average Bonchev–Trinajstić information content (AvgIpc) is 3.14. The van der Waals surface area contributed by atoms with Gasteiger partial charge in [0.2, 0.25) is 0 Å². The second kappa shape index (κ2) is 8.53. The molecule has 0 spiro atoms. The van der Waals surface area contributed by atoms with Crippen LogP contribution in [0.4, 0.5) is 0 Å². The van der Waals surface area contributed by atoms with Gasteiger partial charge in [-0.05, 0) is 73.5 Å². The third-order valence-electron chi connectivity index (χ3n) is 6.63. The van der Waals surface area contributed by atoms with Gasteiger partial charge in [-0.3, -0.25) is 9.69 Å². The molecule has 1 fully saturated rings. The van der Waals surface area contributed by atoms with E-state index in [9.17, 15) is 4.79 Å². The summed E-state index contributed by atoms with van der Waals surface area (Å²) in [5.74, 6) is 0.832. The zero-order valence-corrected chi connectivity index (χ0v) is 19.4. The lowest BCUT2D eigenvalue weighted by molar-refractivity contribution is 0.235. The highest BCUT2D eigenvalue weighted by molar-refractivity contribution is 6.31. The first-order valence-corrected chi connectivity index (χ1v) is 11.3. The first-order chi connectivity index (χ1) is 14.8. The molecule has 1 aliphatic heterocycles. The largest absolute Gasteiger partial charge is 0.354 e. The highest BCUT2D eigenvalue weighted by Gasteiger charge is 2.23. The Morgan fingerprint density at radius 2 is 2.00 bits per heavy atom. The standard InChI is InChI=1S/C25H29ClN4O/c1-15(2)22-19-13-18(17-7-10-30(11-8-17)12-9-27)5-6-21(19)28-24(22)20-14-29(4)25(31)23(26)16(20)3/h5-6,13-15,17,28H,7-8,10-12H2,1-4H3. The maximum Gasteiger partial charge on any atom is 0.269 e. The fraction of sp³-hybridized carbons (Fsp3) is 0.440. The molecule has 0 amide bonds. The van der Waals surface area contributed by atoms with Crippen LogP contribution < -0.4 is 5.56 Å². The van der Waals surface area contributed by atoms with E-state index in [1.165, 1.54) is 16.5 Å². The summed E-state index contributed by atoms with van der Waals surface area (Å²) >= 11 is 6.36. The van der Waals surface area contributed by atoms with Crippen LogP contribution in [0, 0.1) is 18.3 Å². The second-order valence-corrected chi connectivity index (χ2v) is 9.36. The maximum absolute atomic E-state index is 12.2. The highest BCUT2D eigenvalue weighted by Crippen LogP contribution is 2.39. The van der Waals surface area contributed by atoms with Gasteiger partial charge in [-0.1, -0.05) is 31.5 Å². The Morgan fingerprint density at radius 3 is 2.65 bits per heavy atom. The van der Waals surface area contributed by atoms with Crippen LogP contribution in [-0.2, 0) is 7.05 Å². The van der Waals surface area contributed by atoms with Crippen LogP contribution in [0.1, 0.15) is 55.2 Å². The Bertz CT molecular complexity index is 1220. The van der Waals surface area contributed by atoms with Crippen molar-refractivity contribution in [1.29, 1.82) is 5.26 Å². The minimum atomic E-state index is -0.171. The number of piperidine rings is 1. The number of H-pyrrole nitrogens is 1. The number of aromatic amines is 1. The number of pyridine rings is 1. The predicted molar refractivity (Wildman–Crippen MR) is 127 cm³/mol. The Labute approximate surface area is 188 Å². The van der Waals surface area contributed by atoms with E-state index < -0.39 is 0 Å². The molecule has 31 heavy (non-hydrogen) atoms. The molecule has 4 rings (SSSR count). The molecule has 1 saturated heterocycles. The van der Waals surface area contributed by atoms with Gasteiger partial charge in [0.05, 0.1) is 18.3 Å². The molecular weight excluding hydrogens is 408 g/mol. The van der Waals surface area contributed by atoms with Crippen LogP contribution in [-0.4, -0.2) is 34.1 Å². The third kappa shape index (κ3) is 3.91. The molecule has 2 aromatic heterocycles. The Hall–Kier alpha value is -2.55. The molecule has 1 aliphatic rings. The van der Waals surface area contributed by atoms with Crippen molar-refractivity contribution in [3.8, 4) is 17.3 Å². The summed E-state index contributed by atoms with van der Waals surface area (Å²) in [6.07, 6.45) is 4.04. The van der Waals surface area contributed by atoms with Crippen LogP contribution in [0.15, 0.2) is 29.2 Å². The molecule has 1 aromatic carbocycles. The first kappa shape index (κ1) is 21.7. The minimum Gasteiger partial charge on any atom is -0.354 e. The average molecular weight is 437 g/mol. The van der Waals surface area contributed by atoms with Gasteiger partial charge in [-0.2, -0.15) is 5.26 Å². The number of nitrogens with one attached hydrogen (secondary N) is 1. The van der Waals surface area contributed by atoms with Crippen molar-refractivity contribution in [2.75, 3.05) is 19.6 Å². The normalized spacial score (nSPS) is 15.6. The molecular formula is C25H29ClN4O. The van der Waals surface area contributed by atoms with Crippen molar-refractivity contribution >= 4 is 22.5 Å². The van der Waals surface area contributed by atoms with Crippen molar-refractivity contribution in [3.63, 3.8) is 0 Å². The van der Waals surface area contributed by atoms with Gasteiger partial charge in [-0.15, -0.1) is 0 Å². The molecule has 0 aliphatic carbocycles. The summed E-state index contributed by atoms with van der Waals surface area (Å²) in [6, 6.07) is 9.02. The Balaban J connectivity index is 1.79. The second-order valence-electron chi connectivity index (χ2n) is 8.98. The topological polar surface area (TPSA) is 64.8 Å². The molecule has 6 heteroatoms. The summed E-state index contributed by atoms with van der Waals surface area (Å²) in [4.78, 5) is 18.1. The summed E-state index contributed by atoms with van der Waals surface area (Å²) < 4.78 is 1.56. The van der Waals surface area contributed by atoms with Crippen molar-refractivity contribution in [2.24, 2.45) is 7.05 Å². The Morgan fingerprint density at radius 1 is 1.29 bits per heavy atom. The molecule has 0 atom stereocenters. The third-order valence-corrected chi connectivity index (χ3v) is 7.07. The maximum atomic E-state index is 12.2. The SMILES string of the molecule is Cc1c(-c2[nH]c3ccc(C4CCN(CC#N)CC4)cc3c2C(C)C)cn(C)c(=O)c1Cl. The number of aryl methyl sites for hydroxylation is 1. The lowest BCUT2D eigenvalue weighted by atomic mass is 9.87. The van der Waals surface area contributed by atoms with Gasteiger partial charge in [0.25, 0.3) is 5.56 Å². The zero-order valence-electron chi connectivity index (χ0n) is 18.6. The fourth-order valence-corrected chi connectivity index (χ4v) is 5.09. The van der Waals surface area contributed by atoms with E-state index in [1.807, 2.05) is 13.1 Å². The molecule has 1 N–H and O–H groups in total. The predicted octanol–water partition coefficient (Wildman–Crippen LogP) is 5.32. The number of fused-ring (bicyclic) bond motifs is 1. The number of nitrogens with zero attached hydrogens (tertiary/aromatic N) is 3. The van der Waals surface area contributed by atoms with E-state index in [-0.39, 0.29) is 10.6 Å². The molecule has 162 valence electrons. The number of hydrogen-bond acceptors (Lipinski definition) is 3. The molecule has 5 nitrogen and oxygen atoms in total. The zero-order chi connectivity index (χ0) is 22.3. The van der Waals surface area contributed by atoms with Crippen LogP contribution in [0.25, 0.3) is 22.2 Å². The minimum absolute atomic E-state index is 0.171. The van der Waals surface area contributed by atoms with Gasteiger partial charge in [-0.25, -0.2) is 0 Å². The monoisotopic (exact) mass is 436 g/mol. The Kier molecular flexibility index (Phi) is 5.96. The van der Waals surface area contributed by atoms with E-state index in [0.29, 0.717) is 18.4 Å². The van der Waals surface area contributed by atoms with Gasteiger partial charge in [0.15, 0.2) is 0 Å². The van der Waals surface area contributed by atoms with Crippen molar-refractivity contribution < 1.29 is 0 Å². The van der Waals surface area contributed by atoms with E-state index in [4.69, 9.17) is 16.9 Å². The van der Waals surface area contributed by atoms with Crippen LogP contribution in [0.5, 0.6) is 0 Å². The quantitative estimate of drug-likeness (QED) is 0.562. The summed E-state index contributed by atoms with van der Waals surface area (Å²) in [5.41, 5.74) is 6.38.